The third-order valence-electron chi connectivity index (χ3n) is 4.13. The topological polar surface area (TPSA) is 64.7 Å². The molecule has 2 heterocycles. The zero-order valence-corrected chi connectivity index (χ0v) is 16.0. The lowest BCUT2D eigenvalue weighted by Crippen LogP contribution is -2.47. The van der Waals surface area contributed by atoms with Crippen LogP contribution in [0.15, 0.2) is 41.8 Å². The number of carbonyl (C=O) groups is 2. The molecule has 1 aliphatic heterocycles. The molecule has 136 valence electrons. The van der Waals surface area contributed by atoms with Crippen LogP contribution < -0.4 is 10.6 Å². The summed E-state index contributed by atoms with van der Waals surface area (Å²) in [5.74, 6) is -0.238. The number of carbonyl (C=O) groups excluding carboxylic acids is 2. The fourth-order valence-electron chi connectivity index (χ4n) is 2.66. The van der Waals surface area contributed by atoms with Gasteiger partial charge in [0.25, 0.3) is 11.8 Å². The lowest BCUT2D eigenvalue weighted by molar-refractivity contribution is 0.0664. The highest BCUT2D eigenvalue weighted by atomic mass is 32.1. The smallest absolute Gasteiger partial charge is 0.267 e. The number of amides is 2. The summed E-state index contributed by atoms with van der Waals surface area (Å²) in [7, 11) is 2.05. The highest BCUT2D eigenvalue weighted by Gasteiger charge is 2.20. The molecule has 2 N–H and O–H groups in total. The summed E-state index contributed by atoms with van der Waals surface area (Å²) in [6.07, 6.45) is 0. The highest BCUT2D eigenvalue weighted by Crippen LogP contribution is 2.14. The van der Waals surface area contributed by atoms with Crippen molar-refractivity contribution in [2.45, 2.75) is 0 Å². The molecule has 1 fully saturated rings. The molecule has 0 unspecified atom stereocenters. The zero-order valence-electron chi connectivity index (χ0n) is 14.4. The van der Waals surface area contributed by atoms with Crippen molar-refractivity contribution < 1.29 is 9.59 Å². The second-order valence-electron chi connectivity index (χ2n) is 6.06. The van der Waals surface area contributed by atoms with E-state index in [0.29, 0.717) is 16.1 Å². The molecule has 0 atom stereocenters. The van der Waals surface area contributed by atoms with Gasteiger partial charge in [0, 0.05) is 37.4 Å². The monoisotopic (exact) mass is 388 g/mol. The van der Waals surface area contributed by atoms with Crippen LogP contribution in [0.5, 0.6) is 0 Å². The summed E-state index contributed by atoms with van der Waals surface area (Å²) in [5.41, 5.74) is 1.27. The Hall–Kier alpha value is -2.29. The number of anilines is 1. The normalized spacial score (nSPS) is 14.7. The lowest BCUT2D eigenvalue weighted by Gasteiger charge is -2.32. The molecular weight excluding hydrogens is 368 g/mol. The van der Waals surface area contributed by atoms with Crippen molar-refractivity contribution in [3.8, 4) is 0 Å². The number of piperazine rings is 1. The van der Waals surface area contributed by atoms with Gasteiger partial charge in [0.2, 0.25) is 0 Å². The third-order valence-corrected chi connectivity index (χ3v) is 5.20. The summed E-state index contributed by atoms with van der Waals surface area (Å²) in [5, 5.41) is 7.64. The first-order chi connectivity index (χ1) is 12.5. The van der Waals surface area contributed by atoms with E-state index in [1.54, 1.807) is 24.3 Å². The van der Waals surface area contributed by atoms with Crippen molar-refractivity contribution in [3.63, 3.8) is 0 Å². The van der Waals surface area contributed by atoms with Gasteiger partial charge in [-0.3, -0.25) is 14.9 Å². The molecule has 8 heteroatoms. The Balaban J connectivity index is 1.61. The van der Waals surface area contributed by atoms with E-state index in [0.717, 1.165) is 26.2 Å². The second kappa shape index (κ2) is 8.39. The zero-order chi connectivity index (χ0) is 18.5. The van der Waals surface area contributed by atoms with Crippen LogP contribution in [0.2, 0.25) is 0 Å². The number of nitrogens with zero attached hydrogens (tertiary/aromatic N) is 2. The Labute approximate surface area is 161 Å². The van der Waals surface area contributed by atoms with Gasteiger partial charge in [-0.1, -0.05) is 12.1 Å². The summed E-state index contributed by atoms with van der Waals surface area (Å²) >= 11 is 6.54. The number of nitrogens with one attached hydrogen (secondary N) is 2. The maximum absolute atomic E-state index is 12.7. The molecule has 0 spiro atoms. The van der Waals surface area contributed by atoms with E-state index in [9.17, 15) is 9.59 Å². The SMILES string of the molecule is CN1CCN(C(=O)c2cccc(NC(=S)NC(=O)c3cccs3)c2)CC1. The van der Waals surface area contributed by atoms with Crippen LogP contribution in [0.25, 0.3) is 0 Å². The summed E-state index contributed by atoms with van der Waals surface area (Å²) in [6.45, 7) is 3.20. The van der Waals surface area contributed by atoms with Crippen molar-refractivity contribution in [2.75, 3.05) is 38.5 Å². The van der Waals surface area contributed by atoms with Crippen LogP contribution in [0, 0.1) is 0 Å². The fourth-order valence-corrected chi connectivity index (χ4v) is 3.49. The molecule has 3 rings (SSSR count). The first-order valence-electron chi connectivity index (χ1n) is 8.26. The summed E-state index contributed by atoms with van der Waals surface area (Å²) in [4.78, 5) is 29.3. The number of thiocarbonyl (C=S) groups is 1. The van der Waals surface area contributed by atoms with Gasteiger partial charge in [0.15, 0.2) is 5.11 Å². The minimum Gasteiger partial charge on any atom is -0.336 e. The first kappa shape index (κ1) is 18.5. The number of rotatable bonds is 3. The van der Waals surface area contributed by atoms with E-state index in [-0.39, 0.29) is 16.9 Å². The highest BCUT2D eigenvalue weighted by molar-refractivity contribution is 7.80. The number of thiophene rings is 1. The molecule has 2 amide bonds. The van der Waals surface area contributed by atoms with Gasteiger partial charge in [0.1, 0.15) is 0 Å². The molecule has 0 saturated carbocycles. The van der Waals surface area contributed by atoms with E-state index in [4.69, 9.17) is 12.2 Å². The van der Waals surface area contributed by atoms with E-state index >= 15 is 0 Å². The first-order valence-corrected chi connectivity index (χ1v) is 9.55. The van der Waals surface area contributed by atoms with Crippen LogP contribution in [0.4, 0.5) is 5.69 Å². The van der Waals surface area contributed by atoms with Gasteiger partial charge in [-0.15, -0.1) is 11.3 Å². The van der Waals surface area contributed by atoms with Crippen LogP contribution in [-0.2, 0) is 0 Å². The molecule has 1 aliphatic rings. The van der Waals surface area contributed by atoms with Gasteiger partial charge in [-0.05, 0) is 48.9 Å². The quantitative estimate of drug-likeness (QED) is 0.790. The predicted octanol–water partition coefficient (Wildman–Crippen LogP) is 2.26. The molecule has 0 aliphatic carbocycles. The van der Waals surface area contributed by atoms with Crippen molar-refractivity contribution in [3.05, 3.63) is 52.2 Å². The van der Waals surface area contributed by atoms with Crippen LogP contribution in [0.1, 0.15) is 20.0 Å². The fraction of sp³-hybridized carbons (Fsp3) is 0.278. The van der Waals surface area contributed by atoms with Gasteiger partial charge in [0.05, 0.1) is 4.88 Å². The van der Waals surface area contributed by atoms with Crippen LogP contribution in [-0.4, -0.2) is 60.0 Å². The molecule has 1 aromatic heterocycles. The minimum atomic E-state index is -0.248. The van der Waals surface area contributed by atoms with Gasteiger partial charge in [-0.2, -0.15) is 0 Å². The minimum absolute atomic E-state index is 0.00953. The molecule has 0 radical (unpaired) electrons. The van der Waals surface area contributed by atoms with Crippen molar-refractivity contribution in [2.24, 2.45) is 0 Å². The predicted molar refractivity (Wildman–Crippen MR) is 108 cm³/mol. The van der Waals surface area contributed by atoms with E-state index < -0.39 is 0 Å². The molecule has 6 nitrogen and oxygen atoms in total. The number of hydrogen-bond acceptors (Lipinski definition) is 5. The van der Waals surface area contributed by atoms with E-state index in [2.05, 4.69) is 22.6 Å². The lowest BCUT2D eigenvalue weighted by atomic mass is 10.1. The average Bonchev–Trinajstić information content (AvgIpc) is 3.17. The van der Waals surface area contributed by atoms with Crippen molar-refractivity contribution >= 4 is 46.2 Å². The maximum Gasteiger partial charge on any atom is 0.267 e. The van der Waals surface area contributed by atoms with Crippen LogP contribution in [0.3, 0.4) is 0 Å². The Morgan fingerprint density at radius 2 is 1.88 bits per heavy atom. The Morgan fingerprint density at radius 3 is 2.58 bits per heavy atom. The van der Waals surface area contributed by atoms with Gasteiger partial charge >= 0.3 is 0 Å². The Kier molecular flexibility index (Phi) is 5.97. The van der Waals surface area contributed by atoms with E-state index in [1.165, 1.54) is 11.3 Å². The molecule has 1 saturated heterocycles. The van der Waals surface area contributed by atoms with Gasteiger partial charge < -0.3 is 15.1 Å². The number of likely N-dealkylation sites (N-methyl/N-ethyl adjacent to an activating group) is 1. The Morgan fingerprint density at radius 1 is 1.12 bits per heavy atom. The molecule has 26 heavy (non-hydrogen) atoms. The average molecular weight is 389 g/mol. The van der Waals surface area contributed by atoms with Crippen molar-refractivity contribution in [1.29, 1.82) is 0 Å². The largest absolute Gasteiger partial charge is 0.336 e. The van der Waals surface area contributed by atoms with Crippen molar-refractivity contribution in [1.82, 2.24) is 15.1 Å². The van der Waals surface area contributed by atoms with Gasteiger partial charge in [-0.25, -0.2) is 0 Å². The second-order valence-corrected chi connectivity index (χ2v) is 7.42. The molecular formula is C18H20N4O2S2. The molecule has 0 bridgehead atoms. The molecule has 1 aromatic carbocycles. The number of benzene rings is 1. The van der Waals surface area contributed by atoms with Crippen LogP contribution >= 0.6 is 23.6 Å². The Bertz CT molecular complexity index is 799. The maximum atomic E-state index is 12.7. The summed E-state index contributed by atoms with van der Waals surface area (Å²) < 4.78 is 0. The molecule has 2 aromatic rings. The third kappa shape index (κ3) is 4.66. The van der Waals surface area contributed by atoms with E-state index in [1.807, 2.05) is 22.4 Å². The standard InChI is InChI=1S/C18H20N4O2S2/c1-21-7-9-22(10-8-21)17(24)13-4-2-5-14(12-13)19-18(25)20-16(23)15-6-3-11-26-15/h2-6,11-12H,7-10H2,1H3,(H2,19,20,23,25). The number of hydrogen-bond donors (Lipinski definition) is 2. The summed E-state index contributed by atoms with van der Waals surface area (Å²) in [6, 6.07) is 10.7.